The Morgan fingerprint density at radius 3 is 1.55 bits per heavy atom. The molecule has 4 nitrogen and oxygen atoms in total. The van der Waals surface area contributed by atoms with Crippen molar-refractivity contribution >= 4 is 11.6 Å². The molecular weight excluding hydrogens is 256 g/mol. The average molecular weight is 278 g/mol. The molecule has 1 aliphatic rings. The van der Waals surface area contributed by atoms with Gasteiger partial charge in [0.05, 0.1) is 0 Å². The molecule has 0 heterocycles. The molecule has 0 aromatic carbocycles. The maximum atomic E-state index is 12.2. The van der Waals surface area contributed by atoms with Crippen LogP contribution in [-0.2, 0) is 9.59 Å². The van der Waals surface area contributed by atoms with Crippen LogP contribution in [-0.4, -0.2) is 34.0 Å². The highest BCUT2D eigenvalue weighted by Gasteiger charge is 2.30. The van der Waals surface area contributed by atoms with Crippen LogP contribution in [0.2, 0.25) is 0 Å². The summed E-state index contributed by atoms with van der Waals surface area (Å²) in [7, 11) is 0. The molecule has 110 valence electrons. The van der Waals surface area contributed by atoms with Crippen molar-refractivity contribution in [3.63, 3.8) is 0 Å². The lowest BCUT2D eigenvalue weighted by Crippen LogP contribution is -2.32. The third kappa shape index (κ3) is 3.99. The number of allylic oxidation sites excluding steroid dienone is 4. The van der Waals surface area contributed by atoms with Crippen LogP contribution >= 0.6 is 0 Å². The van der Waals surface area contributed by atoms with Crippen LogP contribution in [0.25, 0.3) is 0 Å². The van der Waals surface area contributed by atoms with Crippen LogP contribution in [0.5, 0.6) is 0 Å². The van der Waals surface area contributed by atoms with Crippen molar-refractivity contribution < 1.29 is 19.8 Å². The Morgan fingerprint density at radius 2 is 1.25 bits per heavy atom. The molecule has 1 aliphatic carbocycles. The van der Waals surface area contributed by atoms with Crippen LogP contribution in [0.1, 0.15) is 39.5 Å². The second-order valence-electron chi connectivity index (χ2n) is 4.79. The van der Waals surface area contributed by atoms with E-state index in [0.717, 1.165) is 0 Å². The van der Waals surface area contributed by atoms with E-state index in [1.54, 1.807) is 24.3 Å². The van der Waals surface area contributed by atoms with E-state index >= 15 is 0 Å². The fourth-order valence-corrected chi connectivity index (χ4v) is 2.02. The zero-order valence-corrected chi connectivity index (χ0v) is 12.0. The largest absolute Gasteiger partial charge is 0.385 e. The highest BCUT2D eigenvalue weighted by molar-refractivity contribution is 6.13. The quantitative estimate of drug-likeness (QED) is 0.823. The van der Waals surface area contributed by atoms with Crippen LogP contribution in [0, 0.1) is 0 Å². The molecule has 2 atom stereocenters. The summed E-state index contributed by atoms with van der Waals surface area (Å²) < 4.78 is 0. The molecule has 0 bridgehead atoms. The summed E-state index contributed by atoms with van der Waals surface area (Å²) in [5.41, 5.74) is 0.376. The van der Waals surface area contributed by atoms with Gasteiger partial charge in [0.2, 0.25) is 0 Å². The van der Waals surface area contributed by atoms with Gasteiger partial charge in [0, 0.05) is 11.1 Å². The van der Waals surface area contributed by atoms with Gasteiger partial charge in [-0.2, -0.15) is 0 Å². The second-order valence-corrected chi connectivity index (χ2v) is 4.79. The fourth-order valence-electron chi connectivity index (χ4n) is 2.02. The standard InChI is InChI=1S/C16H22O4/c1-3-5-7-11-12(8-6-4-2)16(20)14(18)10-9-13(17)15(11)19/h5-8,13-14,17-18H,3-4,9-10H2,1-2H3/b7-5+,8-6+,12-11-. The van der Waals surface area contributed by atoms with Gasteiger partial charge in [-0.15, -0.1) is 0 Å². The molecule has 0 amide bonds. The molecule has 0 saturated carbocycles. The fraction of sp³-hybridized carbons (Fsp3) is 0.500. The lowest BCUT2D eigenvalue weighted by Gasteiger charge is -2.20. The summed E-state index contributed by atoms with van der Waals surface area (Å²) in [4.78, 5) is 24.4. The molecule has 0 aliphatic heterocycles. The minimum atomic E-state index is -1.17. The first-order valence-electron chi connectivity index (χ1n) is 7.04. The molecule has 0 spiro atoms. The third-order valence-electron chi connectivity index (χ3n) is 3.18. The summed E-state index contributed by atoms with van der Waals surface area (Å²) in [6, 6.07) is 0. The Labute approximate surface area is 119 Å². The number of hydrogen-bond donors (Lipinski definition) is 2. The van der Waals surface area contributed by atoms with Gasteiger partial charge >= 0.3 is 0 Å². The molecule has 0 saturated heterocycles. The van der Waals surface area contributed by atoms with E-state index < -0.39 is 23.8 Å². The Balaban J connectivity index is 3.39. The number of hydrogen-bond acceptors (Lipinski definition) is 4. The number of carbonyl (C=O) groups excluding carboxylic acids is 2. The van der Waals surface area contributed by atoms with E-state index in [0.29, 0.717) is 12.8 Å². The number of rotatable bonds is 4. The number of ketones is 2. The van der Waals surface area contributed by atoms with E-state index in [1.165, 1.54) is 0 Å². The van der Waals surface area contributed by atoms with Crippen molar-refractivity contribution in [3.8, 4) is 0 Å². The molecule has 20 heavy (non-hydrogen) atoms. The Morgan fingerprint density at radius 1 is 0.900 bits per heavy atom. The van der Waals surface area contributed by atoms with E-state index in [-0.39, 0.29) is 24.0 Å². The monoisotopic (exact) mass is 278 g/mol. The van der Waals surface area contributed by atoms with Crippen LogP contribution in [0.4, 0.5) is 0 Å². The smallest absolute Gasteiger partial charge is 0.191 e. The topological polar surface area (TPSA) is 74.6 Å². The highest BCUT2D eigenvalue weighted by atomic mass is 16.3. The zero-order valence-electron chi connectivity index (χ0n) is 12.0. The van der Waals surface area contributed by atoms with Gasteiger partial charge in [-0.1, -0.05) is 38.2 Å². The van der Waals surface area contributed by atoms with Gasteiger partial charge in [-0.05, 0) is 25.7 Å². The predicted octanol–water partition coefficient (Wildman–Crippen LogP) is 1.87. The lowest BCUT2D eigenvalue weighted by molar-refractivity contribution is -0.128. The number of aliphatic hydroxyl groups excluding tert-OH is 2. The normalized spacial score (nSPS) is 29.2. The van der Waals surface area contributed by atoms with Gasteiger partial charge in [0.15, 0.2) is 11.6 Å². The molecule has 1 rings (SSSR count). The maximum absolute atomic E-state index is 12.2. The van der Waals surface area contributed by atoms with Crippen molar-refractivity contribution in [1.29, 1.82) is 0 Å². The minimum absolute atomic E-state index is 0.0972. The highest BCUT2D eigenvalue weighted by Crippen LogP contribution is 2.22. The second kappa shape index (κ2) is 7.92. The van der Waals surface area contributed by atoms with Crippen LogP contribution in [0.15, 0.2) is 35.5 Å². The molecule has 0 radical (unpaired) electrons. The van der Waals surface area contributed by atoms with Crippen molar-refractivity contribution in [2.24, 2.45) is 0 Å². The van der Waals surface area contributed by atoms with Gasteiger partial charge in [0.25, 0.3) is 0 Å². The SMILES string of the molecule is CC/C=C/C1=C(\C=C\CC)C(=O)C(O)CCC(O)C1=O. The first-order chi connectivity index (χ1) is 9.52. The summed E-state index contributed by atoms with van der Waals surface area (Å²) in [5.74, 6) is -0.906. The Hall–Kier alpha value is -1.52. The summed E-state index contributed by atoms with van der Waals surface area (Å²) in [6.07, 6.45) is 5.96. The van der Waals surface area contributed by atoms with Crippen molar-refractivity contribution in [1.82, 2.24) is 0 Å². The maximum Gasteiger partial charge on any atom is 0.191 e. The van der Waals surface area contributed by atoms with E-state index in [9.17, 15) is 19.8 Å². The third-order valence-corrected chi connectivity index (χ3v) is 3.18. The lowest BCUT2D eigenvalue weighted by atomic mass is 9.88. The van der Waals surface area contributed by atoms with Crippen LogP contribution < -0.4 is 0 Å². The van der Waals surface area contributed by atoms with Gasteiger partial charge < -0.3 is 10.2 Å². The Bertz CT molecular complexity index is 415. The molecule has 4 heteroatoms. The summed E-state index contributed by atoms with van der Waals surface area (Å²) in [6.45, 7) is 3.83. The molecule has 0 aromatic heterocycles. The molecule has 2 N–H and O–H groups in total. The predicted molar refractivity (Wildman–Crippen MR) is 77.1 cm³/mol. The van der Waals surface area contributed by atoms with Crippen molar-refractivity contribution in [3.05, 3.63) is 35.5 Å². The Kier molecular flexibility index (Phi) is 6.55. The van der Waals surface area contributed by atoms with E-state index in [1.807, 2.05) is 13.8 Å². The number of carbonyl (C=O) groups is 2. The van der Waals surface area contributed by atoms with Gasteiger partial charge in [-0.3, -0.25) is 9.59 Å². The van der Waals surface area contributed by atoms with E-state index in [2.05, 4.69) is 0 Å². The van der Waals surface area contributed by atoms with Crippen molar-refractivity contribution in [2.45, 2.75) is 51.7 Å². The number of aliphatic hydroxyl groups is 2. The molecule has 0 aromatic rings. The first kappa shape index (κ1) is 16.5. The minimum Gasteiger partial charge on any atom is -0.385 e. The first-order valence-corrected chi connectivity index (χ1v) is 7.04. The average Bonchev–Trinajstić information content (AvgIpc) is 2.45. The number of Topliss-reactive ketones (excluding diaryl/α,β-unsaturated/α-hetero) is 2. The zero-order chi connectivity index (χ0) is 15.1. The molecule has 2 unspecified atom stereocenters. The molecule has 0 fully saturated rings. The molecular formula is C16H22O4. The van der Waals surface area contributed by atoms with E-state index in [4.69, 9.17) is 0 Å². The summed E-state index contributed by atoms with van der Waals surface area (Å²) >= 11 is 0. The van der Waals surface area contributed by atoms with Gasteiger partial charge in [0.1, 0.15) is 12.2 Å². The van der Waals surface area contributed by atoms with Crippen LogP contribution in [0.3, 0.4) is 0 Å². The van der Waals surface area contributed by atoms with Gasteiger partial charge in [-0.25, -0.2) is 0 Å². The van der Waals surface area contributed by atoms with Crippen molar-refractivity contribution in [2.75, 3.05) is 0 Å². The summed E-state index contributed by atoms with van der Waals surface area (Å²) in [5, 5.41) is 19.7.